The highest BCUT2D eigenvalue weighted by atomic mass is 32.2. The summed E-state index contributed by atoms with van der Waals surface area (Å²) < 4.78 is 4.95. The van der Waals surface area contributed by atoms with Crippen LogP contribution in [-0.4, -0.2) is 23.4 Å². The average Bonchev–Trinajstić information content (AvgIpc) is 2.78. The van der Waals surface area contributed by atoms with Gasteiger partial charge in [-0.15, -0.1) is 11.8 Å². The van der Waals surface area contributed by atoms with Crippen molar-refractivity contribution in [2.45, 2.75) is 4.90 Å². The summed E-state index contributed by atoms with van der Waals surface area (Å²) in [6, 6.07) is 8.47. The molecule has 1 heterocycles. The second-order valence-corrected chi connectivity index (χ2v) is 3.78. The van der Waals surface area contributed by atoms with Crippen molar-refractivity contribution in [2.75, 3.05) is 18.6 Å². The van der Waals surface area contributed by atoms with Crippen LogP contribution in [0, 0.1) is 0 Å². The number of nitrogens with one attached hydrogen (secondary N) is 1. The predicted molar refractivity (Wildman–Crippen MR) is 61.1 cm³/mol. The third-order valence-electron chi connectivity index (χ3n) is 1.99. The van der Waals surface area contributed by atoms with E-state index in [0.717, 1.165) is 5.56 Å². The number of nitrogens with zero attached hydrogens (tertiary/aromatic N) is 2. The molecule has 0 unspecified atom stereocenters. The minimum Gasteiger partial charge on any atom is -0.341 e. The van der Waals surface area contributed by atoms with Crippen LogP contribution in [0.25, 0.3) is 11.4 Å². The van der Waals surface area contributed by atoms with Gasteiger partial charge in [-0.1, -0.05) is 5.16 Å². The second-order valence-electron chi connectivity index (χ2n) is 2.90. The highest BCUT2D eigenvalue weighted by Crippen LogP contribution is 2.21. The molecule has 2 rings (SSSR count). The first kappa shape index (κ1) is 10.0. The molecule has 4 nitrogen and oxygen atoms in total. The third-order valence-corrected chi connectivity index (χ3v) is 2.73. The third kappa shape index (κ3) is 2.12. The van der Waals surface area contributed by atoms with Gasteiger partial charge in [-0.05, 0) is 30.5 Å². The van der Waals surface area contributed by atoms with Crippen LogP contribution < -0.4 is 5.32 Å². The molecule has 1 N–H and O–H groups in total. The summed E-state index contributed by atoms with van der Waals surface area (Å²) in [5.74, 6) is 0.604. The molecule has 2 aromatic rings. The zero-order valence-corrected chi connectivity index (χ0v) is 9.34. The SMILES string of the molecule is CNc1nc(-c2ccc(SC)cc2)no1. The van der Waals surface area contributed by atoms with Crippen LogP contribution in [0.15, 0.2) is 33.7 Å². The standard InChI is InChI=1S/C10H11N3OS/c1-11-10-12-9(13-14-10)7-3-5-8(15-2)6-4-7/h3-6H,1-2H3,(H,11,12,13). The van der Waals surface area contributed by atoms with E-state index in [1.165, 1.54) is 4.90 Å². The first-order valence-corrected chi connectivity index (χ1v) is 5.72. The topological polar surface area (TPSA) is 51.0 Å². The van der Waals surface area contributed by atoms with Gasteiger partial charge in [-0.3, -0.25) is 0 Å². The Bertz CT molecular complexity index is 438. The molecule has 0 aliphatic carbocycles. The molecular weight excluding hydrogens is 210 g/mol. The second kappa shape index (κ2) is 4.35. The van der Waals surface area contributed by atoms with E-state index in [-0.39, 0.29) is 0 Å². The molecule has 5 heteroatoms. The quantitative estimate of drug-likeness (QED) is 0.807. The van der Waals surface area contributed by atoms with Crippen LogP contribution in [0.2, 0.25) is 0 Å². The molecule has 0 atom stereocenters. The minimum absolute atomic E-state index is 0.430. The largest absolute Gasteiger partial charge is 0.341 e. The number of rotatable bonds is 3. The molecular formula is C10H11N3OS. The Morgan fingerprint density at radius 3 is 2.53 bits per heavy atom. The van der Waals surface area contributed by atoms with E-state index in [4.69, 9.17) is 4.52 Å². The number of benzene rings is 1. The van der Waals surface area contributed by atoms with Crippen LogP contribution in [-0.2, 0) is 0 Å². The van der Waals surface area contributed by atoms with E-state index in [1.54, 1.807) is 18.8 Å². The Balaban J connectivity index is 2.28. The zero-order chi connectivity index (χ0) is 10.7. The Morgan fingerprint density at radius 2 is 2.00 bits per heavy atom. The summed E-state index contributed by atoms with van der Waals surface area (Å²) >= 11 is 1.71. The van der Waals surface area contributed by atoms with Gasteiger partial charge < -0.3 is 9.84 Å². The van der Waals surface area contributed by atoms with Gasteiger partial charge in [-0.2, -0.15) is 4.98 Å². The van der Waals surface area contributed by atoms with Crippen molar-refractivity contribution in [2.24, 2.45) is 0 Å². The first-order chi connectivity index (χ1) is 7.33. The van der Waals surface area contributed by atoms with Crippen molar-refractivity contribution in [3.63, 3.8) is 0 Å². The summed E-state index contributed by atoms with van der Waals surface area (Å²) in [7, 11) is 1.74. The van der Waals surface area contributed by atoms with Crippen LogP contribution in [0.3, 0.4) is 0 Å². The molecule has 0 saturated carbocycles. The fourth-order valence-electron chi connectivity index (χ4n) is 1.18. The maximum Gasteiger partial charge on any atom is 0.321 e. The van der Waals surface area contributed by atoms with Crippen molar-refractivity contribution >= 4 is 17.8 Å². The molecule has 0 aliphatic rings. The average molecular weight is 221 g/mol. The van der Waals surface area contributed by atoms with Crippen molar-refractivity contribution in [3.8, 4) is 11.4 Å². The van der Waals surface area contributed by atoms with E-state index < -0.39 is 0 Å². The number of hydrogen-bond donors (Lipinski definition) is 1. The normalized spacial score (nSPS) is 10.3. The van der Waals surface area contributed by atoms with Gasteiger partial charge in [0.2, 0.25) is 5.82 Å². The zero-order valence-electron chi connectivity index (χ0n) is 8.52. The highest BCUT2D eigenvalue weighted by Gasteiger charge is 2.06. The summed E-state index contributed by atoms with van der Waals surface area (Å²) in [5, 5.41) is 6.65. The monoisotopic (exact) mass is 221 g/mol. The van der Waals surface area contributed by atoms with Crippen LogP contribution in [0.5, 0.6) is 0 Å². The van der Waals surface area contributed by atoms with Gasteiger partial charge in [0.25, 0.3) is 0 Å². The van der Waals surface area contributed by atoms with Crippen molar-refractivity contribution in [1.82, 2.24) is 10.1 Å². The Hall–Kier alpha value is -1.49. The molecule has 0 aliphatic heterocycles. The smallest absolute Gasteiger partial charge is 0.321 e. The predicted octanol–water partition coefficient (Wildman–Crippen LogP) is 2.50. The lowest BCUT2D eigenvalue weighted by molar-refractivity contribution is 0.434. The lowest BCUT2D eigenvalue weighted by Crippen LogP contribution is -1.86. The fourth-order valence-corrected chi connectivity index (χ4v) is 1.59. The number of anilines is 1. The maximum atomic E-state index is 4.95. The molecule has 0 radical (unpaired) electrons. The molecule has 1 aromatic carbocycles. The molecule has 1 aromatic heterocycles. The van der Waals surface area contributed by atoms with E-state index >= 15 is 0 Å². The number of aromatic nitrogens is 2. The highest BCUT2D eigenvalue weighted by molar-refractivity contribution is 7.98. The Kier molecular flexibility index (Phi) is 2.91. The molecule has 0 spiro atoms. The molecule has 15 heavy (non-hydrogen) atoms. The summed E-state index contributed by atoms with van der Waals surface area (Å²) in [4.78, 5) is 5.38. The van der Waals surface area contributed by atoms with Gasteiger partial charge in [0.1, 0.15) is 0 Å². The first-order valence-electron chi connectivity index (χ1n) is 4.49. The van der Waals surface area contributed by atoms with Crippen molar-refractivity contribution in [1.29, 1.82) is 0 Å². The number of hydrogen-bond acceptors (Lipinski definition) is 5. The fraction of sp³-hybridized carbons (Fsp3) is 0.200. The van der Waals surface area contributed by atoms with Gasteiger partial charge in [0.05, 0.1) is 0 Å². The number of thioether (sulfide) groups is 1. The minimum atomic E-state index is 0.430. The lowest BCUT2D eigenvalue weighted by Gasteiger charge is -1.96. The summed E-state index contributed by atoms with van der Waals surface area (Å²) in [6.07, 6.45) is 2.04. The van der Waals surface area contributed by atoms with Crippen molar-refractivity contribution < 1.29 is 4.52 Å². The summed E-state index contributed by atoms with van der Waals surface area (Å²) in [6.45, 7) is 0. The van der Waals surface area contributed by atoms with Crippen molar-refractivity contribution in [3.05, 3.63) is 24.3 Å². The van der Waals surface area contributed by atoms with Crippen LogP contribution >= 0.6 is 11.8 Å². The van der Waals surface area contributed by atoms with E-state index in [1.807, 2.05) is 30.5 Å². The molecule has 0 amide bonds. The van der Waals surface area contributed by atoms with E-state index in [9.17, 15) is 0 Å². The molecule has 78 valence electrons. The molecule has 0 bridgehead atoms. The van der Waals surface area contributed by atoms with Crippen LogP contribution in [0.4, 0.5) is 6.01 Å². The van der Waals surface area contributed by atoms with Gasteiger partial charge in [-0.25, -0.2) is 0 Å². The van der Waals surface area contributed by atoms with Crippen LogP contribution in [0.1, 0.15) is 0 Å². The molecule has 0 fully saturated rings. The van der Waals surface area contributed by atoms with E-state index in [2.05, 4.69) is 15.5 Å². The van der Waals surface area contributed by atoms with Gasteiger partial charge in [0, 0.05) is 17.5 Å². The Morgan fingerprint density at radius 1 is 1.27 bits per heavy atom. The van der Waals surface area contributed by atoms with Gasteiger partial charge >= 0.3 is 6.01 Å². The maximum absolute atomic E-state index is 4.95. The summed E-state index contributed by atoms with van der Waals surface area (Å²) in [5.41, 5.74) is 0.957. The lowest BCUT2D eigenvalue weighted by atomic mass is 10.2. The van der Waals surface area contributed by atoms with E-state index in [0.29, 0.717) is 11.8 Å². The Labute approximate surface area is 92.1 Å². The molecule has 0 saturated heterocycles. The van der Waals surface area contributed by atoms with Gasteiger partial charge in [0.15, 0.2) is 0 Å².